The molecule has 2 rings (SSSR count). The molecule has 27 heavy (non-hydrogen) atoms. The van der Waals surface area contributed by atoms with Crippen molar-refractivity contribution in [1.29, 1.82) is 0 Å². The number of hydrogen-bond donors (Lipinski definition) is 0. The maximum absolute atomic E-state index is 13.3. The van der Waals surface area contributed by atoms with E-state index in [-0.39, 0.29) is 11.8 Å². The molecule has 0 aliphatic rings. The van der Waals surface area contributed by atoms with E-state index in [9.17, 15) is 9.59 Å². The largest absolute Gasteiger partial charge is 0.278 e. The highest BCUT2D eigenvalue weighted by Gasteiger charge is 2.40. The maximum atomic E-state index is 13.3. The number of hydrogen-bond acceptors (Lipinski definition) is 2. The Balaban J connectivity index is 2.48. The number of benzene rings is 2. The molecular formula is C22H31NO2Si2. The number of imide groups is 1. The number of amides is 2. The van der Waals surface area contributed by atoms with Crippen LogP contribution in [0.25, 0.3) is 0 Å². The topological polar surface area (TPSA) is 37.4 Å². The minimum absolute atomic E-state index is 0.221. The molecule has 0 unspecified atom stereocenters. The molecule has 0 fully saturated rings. The lowest BCUT2D eigenvalue weighted by molar-refractivity contribution is 0.0655. The molecule has 3 nitrogen and oxygen atoms in total. The normalized spacial score (nSPS) is 12.1. The van der Waals surface area contributed by atoms with Crippen LogP contribution in [-0.2, 0) is 0 Å². The lowest BCUT2D eigenvalue weighted by Gasteiger charge is -2.40. The second-order valence-electron chi connectivity index (χ2n) is 9.29. The minimum Gasteiger partial charge on any atom is -0.278 e. The standard InChI is InChI=1S/C22H31NO2Si2/c1-23(20(24)17-13-9-8-10-14-17)21(25)18-15-11-12-16-19(18)22(26(2,3)4)27(5,6)7/h8-16,22H,1-7H3. The van der Waals surface area contributed by atoms with Crippen molar-refractivity contribution in [3.05, 3.63) is 71.3 Å². The fourth-order valence-electron chi connectivity index (χ4n) is 4.22. The monoisotopic (exact) mass is 397 g/mol. The molecule has 5 heteroatoms. The quantitative estimate of drug-likeness (QED) is 0.498. The van der Waals surface area contributed by atoms with E-state index in [0.717, 1.165) is 5.56 Å². The summed E-state index contributed by atoms with van der Waals surface area (Å²) in [6.07, 6.45) is 0. The van der Waals surface area contributed by atoms with Crippen LogP contribution in [0.4, 0.5) is 0 Å². The first-order chi connectivity index (χ1) is 12.4. The second-order valence-corrected chi connectivity index (χ2v) is 20.5. The molecule has 0 heterocycles. The molecule has 0 saturated carbocycles. The van der Waals surface area contributed by atoms with Gasteiger partial charge in [0, 0.05) is 34.3 Å². The first kappa shape index (κ1) is 21.3. The molecule has 144 valence electrons. The summed E-state index contributed by atoms with van der Waals surface area (Å²) in [5.74, 6) is -0.492. The predicted molar refractivity (Wildman–Crippen MR) is 119 cm³/mol. The van der Waals surface area contributed by atoms with Gasteiger partial charge in [-0.05, 0) is 28.9 Å². The lowest BCUT2D eigenvalue weighted by Crippen LogP contribution is -2.47. The Morgan fingerprint density at radius 1 is 0.741 bits per heavy atom. The molecule has 0 spiro atoms. The highest BCUT2D eigenvalue weighted by molar-refractivity contribution is 6.96. The van der Waals surface area contributed by atoms with E-state index in [0.29, 0.717) is 16.3 Å². The summed E-state index contributed by atoms with van der Waals surface area (Å²) in [6, 6.07) is 16.8. The molecule has 0 radical (unpaired) electrons. The van der Waals surface area contributed by atoms with Gasteiger partial charge in [0.1, 0.15) is 0 Å². The summed E-state index contributed by atoms with van der Waals surface area (Å²) >= 11 is 0. The zero-order chi connectivity index (χ0) is 20.4. The first-order valence-corrected chi connectivity index (χ1v) is 16.6. The van der Waals surface area contributed by atoms with Crippen LogP contribution in [0.3, 0.4) is 0 Å². The summed E-state index contributed by atoms with van der Waals surface area (Å²) in [5.41, 5.74) is 2.31. The van der Waals surface area contributed by atoms with Crippen molar-refractivity contribution in [3.8, 4) is 0 Å². The van der Waals surface area contributed by atoms with E-state index >= 15 is 0 Å². The molecular weight excluding hydrogens is 366 g/mol. The van der Waals surface area contributed by atoms with Crippen molar-refractivity contribution in [2.75, 3.05) is 7.05 Å². The van der Waals surface area contributed by atoms with Crippen molar-refractivity contribution in [1.82, 2.24) is 4.90 Å². The Hall–Kier alpha value is -1.99. The van der Waals surface area contributed by atoms with Gasteiger partial charge in [-0.25, -0.2) is 0 Å². The fraction of sp³-hybridized carbons (Fsp3) is 0.364. The molecule has 0 aliphatic heterocycles. The van der Waals surface area contributed by atoms with Gasteiger partial charge < -0.3 is 0 Å². The lowest BCUT2D eigenvalue weighted by atomic mass is 10.1. The van der Waals surface area contributed by atoms with Crippen LogP contribution >= 0.6 is 0 Å². The Kier molecular flexibility index (Phi) is 6.27. The fourth-order valence-corrected chi connectivity index (χ4v) is 17.0. The number of carbonyl (C=O) groups is 2. The first-order valence-electron chi connectivity index (χ1n) is 9.41. The van der Waals surface area contributed by atoms with Gasteiger partial charge in [0.15, 0.2) is 0 Å². The zero-order valence-corrected chi connectivity index (χ0v) is 19.5. The van der Waals surface area contributed by atoms with Gasteiger partial charge in [0.25, 0.3) is 11.8 Å². The Labute approximate surface area is 165 Å². The zero-order valence-electron chi connectivity index (χ0n) is 17.5. The van der Waals surface area contributed by atoms with Crippen molar-refractivity contribution in [2.24, 2.45) is 0 Å². The minimum atomic E-state index is -1.56. The van der Waals surface area contributed by atoms with Crippen LogP contribution in [0.2, 0.25) is 39.3 Å². The van der Waals surface area contributed by atoms with Gasteiger partial charge in [0.05, 0.1) is 0 Å². The van der Waals surface area contributed by atoms with Crippen LogP contribution in [0.5, 0.6) is 0 Å². The van der Waals surface area contributed by atoms with E-state index < -0.39 is 16.1 Å². The van der Waals surface area contributed by atoms with Crippen molar-refractivity contribution in [2.45, 2.75) is 44.4 Å². The average Bonchev–Trinajstić information content (AvgIpc) is 2.58. The smallest absolute Gasteiger partial charge is 0.260 e. The van der Waals surface area contributed by atoms with E-state index in [1.54, 1.807) is 19.2 Å². The third-order valence-corrected chi connectivity index (χ3v) is 14.1. The van der Waals surface area contributed by atoms with Gasteiger partial charge in [-0.1, -0.05) is 75.7 Å². The van der Waals surface area contributed by atoms with Crippen molar-refractivity contribution >= 4 is 28.0 Å². The van der Waals surface area contributed by atoms with Crippen LogP contribution in [0, 0.1) is 0 Å². The van der Waals surface area contributed by atoms with E-state index in [1.165, 1.54) is 4.90 Å². The molecule has 2 aromatic rings. The Morgan fingerprint density at radius 3 is 1.74 bits per heavy atom. The molecule has 2 aromatic carbocycles. The van der Waals surface area contributed by atoms with Crippen LogP contribution < -0.4 is 0 Å². The summed E-state index contributed by atoms with van der Waals surface area (Å²) < 4.78 is 0. The third-order valence-electron chi connectivity index (χ3n) is 4.86. The van der Waals surface area contributed by atoms with Crippen molar-refractivity contribution < 1.29 is 9.59 Å². The van der Waals surface area contributed by atoms with Crippen LogP contribution in [0.15, 0.2) is 54.6 Å². The van der Waals surface area contributed by atoms with Crippen LogP contribution in [-0.4, -0.2) is 39.9 Å². The van der Waals surface area contributed by atoms with Gasteiger partial charge in [0.2, 0.25) is 0 Å². The van der Waals surface area contributed by atoms with Gasteiger partial charge in [-0.15, -0.1) is 0 Å². The predicted octanol–water partition coefficient (Wildman–Crippen LogP) is 5.44. The highest BCUT2D eigenvalue weighted by atomic mass is 28.4. The summed E-state index contributed by atoms with van der Waals surface area (Å²) in [4.78, 5) is 27.3. The van der Waals surface area contributed by atoms with E-state index in [2.05, 4.69) is 45.3 Å². The molecule has 0 saturated heterocycles. The average molecular weight is 398 g/mol. The molecule has 2 amide bonds. The highest BCUT2D eigenvalue weighted by Crippen LogP contribution is 2.37. The Morgan fingerprint density at radius 2 is 1.22 bits per heavy atom. The maximum Gasteiger partial charge on any atom is 0.260 e. The van der Waals surface area contributed by atoms with Crippen LogP contribution in [0.1, 0.15) is 31.4 Å². The molecule has 0 aromatic heterocycles. The van der Waals surface area contributed by atoms with Gasteiger partial charge in [-0.3, -0.25) is 14.5 Å². The number of carbonyl (C=O) groups excluding carboxylic acids is 2. The summed E-state index contributed by atoms with van der Waals surface area (Å²) in [6.45, 7) is 14.2. The SMILES string of the molecule is CN(C(=O)c1ccccc1)C(=O)c1ccccc1C([Si](C)(C)C)[Si](C)(C)C. The number of nitrogens with zero attached hydrogens (tertiary/aromatic N) is 1. The molecule has 0 N–H and O–H groups in total. The molecule has 0 bridgehead atoms. The Bertz CT molecular complexity index is 806. The van der Waals surface area contributed by atoms with Crippen molar-refractivity contribution in [3.63, 3.8) is 0 Å². The second kappa shape index (κ2) is 7.94. The van der Waals surface area contributed by atoms with Gasteiger partial charge >= 0.3 is 0 Å². The molecule has 0 atom stereocenters. The number of rotatable bonds is 5. The van der Waals surface area contributed by atoms with E-state index in [1.807, 2.05) is 36.4 Å². The summed E-state index contributed by atoms with van der Waals surface area (Å²) in [7, 11) is -1.54. The van der Waals surface area contributed by atoms with Gasteiger partial charge in [-0.2, -0.15) is 0 Å². The summed E-state index contributed by atoms with van der Waals surface area (Å²) in [5, 5.41) is 0.436. The van der Waals surface area contributed by atoms with E-state index in [4.69, 9.17) is 0 Å². The molecule has 0 aliphatic carbocycles. The third kappa shape index (κ3) is 4.84.